The Morgan fingerprint density at radius 1 is 0.720 bits per heavy atom. The number of anilines is 1. The summed E-state index contributed by atoms with van der Waals surface area (Å²) in [5.74, 6) is 1.83. The van der Waals surface area contributed by atoms with Crippen LogP contribution in [0.15, 0.2) is 60.8 Å². The maximum absolute atomic E-state index is 4.99. The number of aromatic nitrogens is 3. The molecule has 0 radical (unpaired) electrons. The van der Waals surface area contributed by atoms with Gasteiger partial charge in [-0.3, -0.25) is 4.98 Å². The van der Waals surface area contributed by atoms with Gasteiger partial charge in [-0.05, 0) is 37.1 Å². The molecule has 2 aromatic carbocycles. The van der Waals surface area contributed by atoms with Crippen molar-refractivity contribution < 1.29 is 0 Å². The monoisotopic (exact) mass is 326 g/mol. The molecule has 3 heterocycles. The van der Waals surface area contributed by atoms with Crippen LogP contribution in [0, 0.1) is 0 Å². The Bertz CT molecular complexity index is 1060. The molecule has 0 atom stereocenters. The molecule has 0 aliphatic carbocycles. The molecule has 0 amide bonds. The van der Waals surface area contributed by atoms with E-state index in [-0.39, 0.29) is 0 Å². The van der Waals surface area contributed by atoms with E-state index in [0.717, 1.165) is 52.1 Å². The van der Waals surface area contributed by atoms with E-state index in [1.54, 1.807) is 0 Å². The highest BCUT2D eigenvalue weighted by Crippen LogP contribution is 2.31. The lowest BCUT2D eigenvalue weighted by Crippen LogP contribution is -2.20. The Morgan fingerprint density at radius 2 is 1.44 bits per heavy atom. The van der Waals surface area contributed by atoms with Crippen LogP contribution in [0.3, 0.4) is 0 Å². The minimum Gasteiger partial charge on any atom is -0.356 e. The summed E-state index contributed by atoms with van der Waals surface area (Å²) >= 11 is 0. The number of hydrogen-bond acceptors (Lipinski definition) is 4. The molecule has 1 aliphatic rings. The number of pyridine rings is 1. The topological polar surface area (TPSA) is 41.9 Å². The van der Waals surface area contributed by atoms with Crippen molar-refractivity contribution in [2.24, 2.45) is 0 Å². The fraction of sp³-hybridized carbons (Fsp3) is 0.190. The molecule has 0 bridgehead atoms. The first-order chi connectivity index (χ1) is 12.4. The molecule has 25 heavy (non-hydrogen) atoms. The zero-order chi connectivity index (χ0) is 16.6. The van der Waals surface area contributed by atoms with E-state index in [1.165, 1.54) is 12.8 Å². The second kappa shape index (κ2) is 5.81. The summed E-state index contributed by atoms with van der Waals surface area (Å²) in [5, 5.41) is 2.22. The van der Waals surface area contributed by atoms with Gasteiger partial charge in [-0.25, -0.2) is 9.97 Å². The third-order valence-electron chi connectivity index (χ3n) is 4.88. The van der Waals surface area contributed by atoms with Gasteiger partial charge in [0.05, 0.1) is 11.0 Å². The molecule has 122 valence electrons. The van der Waals surface area contributed by atoms with Gasteiger partial charge in [0.1, 0.15) is 5.82 Å². The van der Waals surface area contributed by atoms with Gasteiger partial charge in [0, 0.05) is 35.6 Å². The second-order valence-corrected chi connectivity index (χ2v) is 6.46. The third kappa shape index (κ3) is 2.41. The summed E-state index contributed by atoms with van der Waals surface area (Å²) in [6.45, 7) is 2.13. The fourth-order valence-electron chi connectivity index (χ4n) is 3.64. The molecule has 0 spiro atoms. The average Bonchev–Trinajstić information content (AvgIpc) is 3.21. The van der Waals surface area contributed by atoms with E-state index in [4.69, 9.17) is 9.97 Å². The first-order valence-corrected chi connectivity index (χ1v) is 8.76. The number of benzene rings is 2. The lowest BCUT2D eigenvalue weighted by molar-refractivity contribution is 0.941. The largest absolute Gasteiger partial charge is 0.356 e. The van der Waals surface area contributed by atoms with Crippen LogP contribution in [0.2, 0.25) is 0 Å². The quantitative estimate of drug-likeness (QED) is 0.546. The van der Waals surface area contributed by atoms with Crippen LogP contribution in [0.4, 0.5) is 5.82 Å². The third-order valence-corrected chi connectivity index (χ3v) is 4.88. The summed E-state index contributed by atoms with van der Waals surface area (Å²) in [4.78, 5) is 16.7. The summed E-state index contributed by atoms with van der Waals surface area (Å²) in [5.41, 5.74) is 3.01. The van der Waals surface area contributed by atoms with Crippen molar-refractivity contribution in [3.63, 3.8) is 0 Å². The fourth-order valence-corrected chi connectivity index (χ4v) is 3.64. The van der Waals surface area contributed by atoms with Crippen LogP contribution in [-0.4, -0.2) is 28.0 Å². The lowest BCUT2D eigenvalue weighted by Gasteiger charge is -2.19. The maximum atomic E-state index is 4.99. The van der Waals surface area contributed by atoms with Gasteiger partial charge in [-0.2, -0.15) is 0 Å². The maximum Gasteiger partial charge on any atom is 0.162 e. The van der Waals surface area contributed by atoms with Crippen molar-refractivity contribution in [1.29, 1.82) is 0 Å². The highest BCUT2D eigenvalue weighted by molar-refractivity contribution is 5.96. The number of fused-ring (bicyclic) bond motifs is 2. The number of rotatable bonds is 2. The molecule has 4 nitrogen and oxygen atoms in total. The van der Waals surface area contributed by atoms with Gasteiger partial charge in [-0.1, -0.05) is 30.3 Å². The van der Waals surface area contributed by atoms with E-state index in [2.05, 4.69) is 34.1 Å². The van der Waals surface area contributed by atoms with Crippen molar-refractivity contribution in [3.8, 4) is 11.4 Å². The molecular weight excluding hydrogens is 308 g/mol. The van der Waals surface area contributed by atoms with Crippen molar-refractivity contribution in [3.05, 3.63) is 60.8 Å². The van der Waals surface area contributed by atoms with Crippen LogP contribution in [-0.2, 0) is 0 Å². The van der Waals surface area contributed by atoms with Crippen LogP contribution >= 0.6 is 0 Å². The molecule has 2 aromatic heterocycles. The van der Waals surface area contributed by atoms with Crippen molar-refractivity contribution in [2.75, 3.05) is 18.0 Å². The zero-order valence-corrected chi connectivity index (χ0v) is 13.9. The van der Waals surface area contributed by atoms with Crippen LogP contribution in [0.25, 0.3) is 33.2 Å². The van der Waals surface area contributed by atoms with E-state index >= 15 is 0 Å². The van der Waals surface area contributed by atoms with E-state index < -0.39 is 0 Å². The van der Waals surface area contributed by atoms with Crippen LogP contribution in [0.1, 0.15) is 12.8 Å². The van der Waals surface area contributed by atoms with Crippen LogP contribution in [0.5, 0.6) is 0 Å². The lowest BCUT2D eigenvalue weighted by atomic mass is 10.1. The van der Waals surface area contributed by atoms with Gasteiger partial charge < -0.3 is 4.90 Å². The predicted molar refractivity (Wildman–Crippen MR) is 102 cm³/mol. The van der Waals surface area contributed by atoms with Crippen molar-refractivity contribution in [1.82, 2.24) is 15.0 Å². The number of para-hydroxylation sites is 2. The molecule has 0 N–H and O–H groups in total. The Labute approximate surface area is 146 Å². The smallest absolute Gasteiger partial charge is 0.162 e. The minimum atomic E-state index is 0.777. The molecule has 1 fully saturated rings. The molecule has 0 saturated carbocycles. The Balaban J connectivity index is 1.78. The van der Waals surface area contributed by atoms with Crippen LogP contribution < -0.4 is 4.90 Å². The highest BCUT2D eigenvalue weighted by Gasteiger charge is 2.19. The van der Waals surface area contributed by atoms with Gasteiger partial charge in [0.15, 0.2) is 5.82 Å². The highest BCUT2D eigenvalue weighted by atomic mass is 15.2. The van der Waals surface area contributed by atoms with Gasteiger partial charge in [0.2, 0.25) is 0 Å². The van der Waals surface area contributed by atoms with Crippen molar-refractivity contribution in [2.45, 2.75) is 12.8 Å². The summed E-state index contributed by atoms with van der Waals surface area (Å²) in [7, 11) is 0. The summed E-state index contributed by atoms with van der Waals surface area (Å²) in [6, 6.07) is 18.5. The van der Waals surface area contributed by atoms with E-state index in [0.29, 0.717) is 0 Å². The molecule has 0 unspecified atom stereocenters. The molecule has 4 aromatic rings. The normalized spacial score (nSPS) is 14.5. The molecule has 1 saturated heterocycles. The summed E-state index contributed by atoms with van der Waals surface area (Å²) < 4.78 is 0. The standard InChI is InChI=1S/C21H18N4/c1-3-9-18-15(7-1)16(11-12-22-18)20-23-19-10-4-2-8-17(19)21(24-20)25-13-5-6-14-25/h1-4,7-12H,5-6,13-14H2. The zero-order valence-electron chi connectivity index (χ0n) is 13.9. The summed E-state index contributed by atoms with van der Waals surface area (Å²) in [6.07, 6.45) is 4.30. The minimum absolute atomic E-state index is 0.777. The number of nitrogens with zero attached hydrogens (tertiary/aromatic N) is 4. The van der Waals surface area contributed by atoms with Gasteiger partial charge in [0.25, 0.3) is 0 Å². The van der Waals surface area contributed by atoms with Gasteiger partial charge in [-0.15, -0.1) is 0 Å². The van der Waals surface area contributed by atoms with E-state index in [9.17, 15) is 0 Å². The average molecular weight is 326 g/mol. The molecular formula is C21H18N4. The Hall–Kier alpha value is -3.01. The molecule has 1 aliphatic heterocycles. The Morgan fingerprint density at radius 3 is 2.28 bits per heavy atom. The number of hydrogen-bond donors (Lipinski definition) is 0. The second-order valence-electron chi connectivity index (χ2n) is 6.46. The van der Waals surface area contributed by atoms with E-state index in [1.807, 2.05) is 36.5 Å². The molecule has 5 rings (SSSR count). The SMILES string of the molecule is c1ccc2c(-c3nc(N4CCCC4)c4ccccc4n3)ccnc2c1. The molecule has 4 heteroatoms. The first kappa shape index (κ1) is 14.3. The predicted octanol–water partition coefficient (Wildman–Crippen LogP) is 4.45. The Kier molecular flexibility index (Phi) is 3.33. The van der Waals surface area contributed by atoms with Crippen molar-refractivity contribution >= 4 is 27.6 Å². The van der Waals surface area contributed by atoms with Gasteiger partial charge >= 0.3 is 0 Å². The first-order valence-electron chi connectivity index (χ1n) is 8.76.